The van der Waals surface area contributed by atoms with E-state index in [4.69, 9.17) is 4.52 Å². The van der Waals surface area contributed by atoms with Crippen LogP contribution in [-0.2, 0) is 17.8 Å². The van der Waals surface area contributed by atoms with Gasteiger partial charge in [-0.2, -0.15) is 0 Å². The lowest BCUT2D eigenvalue weighted by atomic mass is 10.1. The topological polar surface area (TPSA) is 67.2 Å². The van der Waals surface area contributed by atoms with Crippen LogP contribution in [0, 0.1) is 0 Å². The van der Waals surface area contributed by atoms with Crippen molar-refractivity contribution in [3.8, 4) is 0 Å². The molecule has 2 heterocycles. The van der Waals surface area contributed by atoms with E-state index in [1.54, 1.807) is 12.3 Å². The fraction of sp³-hybridized carbons (Fsp3) is 0.231. The molecule has 0 radical (unpaired) electrons. The summed E-state index contributed by atoms with van der Waals surface area (Å²) in [6.07, 6.45) is 2.28. The lowest BCUT2D eigenvalue weighted by Gasteiger charge is -2.10. The number of rotatable bonds is 3. The highest BCUT2D eigenvalue weighted by atomic mass is 16.5. The van der Waals surface area contributed by atoms with Gasteiger partial charge in [0.15, 0.2) is 5.76 Å². The van der Waals surface area contributed by atoms with Gasteiger partial charge in [0.1, 0.15) is 6.04 Å². The first kappa shape index (κ1) is 10.8. The minimum absolute atomic E-state index is 0.0254. The van der Waals surface area contributed by atoms with E-state index in [2.05, 4.69) is 15.8 Å². The van der Waals surface area contributed by atoms with Crippen molar-refractivity contribution in [3.05, 3.63) is 47.9 Å². The molecule has 0 saturated heterocycles. The number of benzene rings is 1. The monoisotopic (exact) mass is 243 g/mol. The number of hydrogen-bond donors (Lipinski definition) is 2. The Morgan fingerprint density at radius 3 is 3.11 bits per heavy atom. The quantitative estimate of drug-likeness (QED) is 0.853. The van der Waals surface area contributed by atoms with Gasteiger partial charge in [-0.15, -0.1) is 0 Å². The molecule has 0 fully saturated rings. The molecular weight excluding hydrogens is 230 g/mol. The number of anilines is 1. The second-order valence-corrected chi connectivity index (χ2v) is 4.25. The summed E-state index contributed by atoms with van der Waals surface area (Å²) in [5.41, 5.74) is 2.22. The predicted molar refractivity (Wildman–Crippen MR) is 65.9 cm³/mol. The lowest BCUT2D eigenvalue weighted by molar-refractivity contribution is -0.122. The predicted octanol–water partition coefficient (Wildman–Crippen LogP) is 1.33. The van der Waals surface area contributed by atoms with Gasteiger partial charge in [0.05, 0.1) is 12.7 Å². The maximum absolute atomic E-state index is 12.0. The Morgan fingerprint density at radius 2 is 2.33 bits per heavy atom. The van der Waals surface area contributed by atoms with Crippen molar-refractivity contribution in [3.63, 3.8) is 0 Å². The van der Waals surface area contributed by atoms with Crippen LogP contribution < -0.4 is 10.6 Å². The summed E-state index contributed by atoms with van der Waals surface area (Å²) in [6, 6.07) is 9.49. The maximum atomic E-state index is 12.0. The van der Waals surface area contributed by atoms with Crippen LogP contribution in [0.2, 0.25) is 0 Å². The van der Waals surface area contributed by atoms with Crippen LogP contribution >= 0.6 is 0 Å². The Hall–Kier alpha value is -2.30. The smallest absolute Gasteiger partial charge is 0.243 e. The lowest BCUT2D eigenvalue weighted by Crippen LogP contribution is -2.37. The molecule has 0 aliphatic carbocycles. The number of amides is 1. The van der Waals surface area contributed by atoms with Gasteiger partial charge in [0, 0.05) is 18.2 Å². The molecule has 5 heteroatoms. The van der Waals surface area contributed by atoms with E-state index in [-0.39, 0.29) is 11.9 Å². The van der Waals surface area contributed by atoms with Crippen molar-refractivity contribution in [2.45, 2.75) is 19.0 Å². The van der Waals surface area contributed by atoms with Gasteiger partial charge in [-0.05, 0) is 11.6 Å². The molecule has 5 nitrogen and oxygen atoms in total. The second-order valence-electron chi connectivity index (χ2n) is 4.25. The molecule has 1 atom stereocenters. The zero-order chi connectivity index (χ0) is 12.4. The van der Waals surface area contributed by atoms with Crippen molar-refractivity contribution >= 4 is 11.6 Å². The zero-order valence-corrected chi connectivity index (χ0v) is 9.72. The third kappa shape index (κ3) is 2.07. The highest BCUT2D eigenvalue weighted by Crippen LogP contribution is 2.25. The number of carbonyl (C=O) groups is 1. The molecular formula is C13H13N3O2. The standard InChI is InChI=1S/C13H13N3O2/c17-13(14-8-10-5-6-15-18-10)12-7-9-3-1-2-4-11(9)16-12/h1-6,12,16H,7-8H2,(H,14,17). The normalized spacial score (nSPS) is 17.0. The zero-order valence-electron chi connectivity index (χ0n) is 9.72. The molecule has 1 amide bonds. The Bertz CT molecular complexity index is 526. The van der Waals surface area contributed by atoms with Crippen LogP contribution in [0.25, 0.3) is 0 Å². The van der Waals surface area contributed by atoms with Crippen molar-refractivity contribution in [2.24, 2.45) is 0 Å². The average Bonchev–Trinajstić information content (AvgIpc) is 3.04. The van der Waals surface area contributed by atoms with Crippen LogP contribution in [0.1, 0.15) is 11.3 Å². The van der Waals surface area contributed by atoms with Crippen LogP contribution in [0.5, 0.6) is 0 Å². The minimum atomic E-state index is -0.203. The van der Waals surface area contributed by atoms with E-state index in [0.29, 0.717) is 12.3 Å². The molecule has 1 unspecified atom stereocenters. The highest BCUT2D eigenvalue weighted by molar-refractivity contribution is 5.87. The molecule has 3 rings (SSSR count). The number of aromatic nitrogens is 1. The molecule has 0 saturated carbocycles. The SMILES string of the molecule is O=C(NCc1ccno1)C1Cc2ccccc2N1. The fourth-order valence-corrected chi connectivity index (χ4v) is 2.09. The minimum Gasteiger partial charge on any atom is -0.373 e. The highest BCUT2D eigenvalue weighted by Gasteiger charge is 2.25. The van der Waals surface area contributed by atoms with Gasteiger partial charge in [-0.1, -0.05) is 23.4 Å². The van der Waals surface area contributed by atoms with Gasteiger partial charge in [0.2, 0.25) is 5.91 Å². The number of nitrogens with one attached hydrogen (secondary N) is 2. The number of fused-ring (bicyclic) bond motifs is 1. The Morgan fingerprint density at radius 1 is 1.44 bits per heavy atom. The van der Waals surface area contributed by atoms with Crippen LogP contribution in [0.3, 0.4) is 0 Å². The third-order valence-electron chi connectivity index (χ3n) is 3.02. The Balaban J connectivity index is 1.59. The second kappa shape index (κ2) is 4.52. The van der Waals surface area contributed by atoms with Crippen LogP contribution in [-0.4, -0.2) is 17.1 Å². The first-order chi connectivity index (χ1) is 8.83. The summed E-state index contributed by atoms with van der Waals surface area (Å²) < 4.78 is 4.92. The largest absolute Gasteiger partial charge is 0.373 e. The van der Waals surface area contributed by atoms with E-state index in [0.717, 1.165) is 12.1 Å². The summed E-state index contributed by atoms with van der Waals surface area (Å²) >= 11 is 0. The number of para-hydroxylation sites is 1. The van der Waals surface area contributed by atoms with Gasteiger partial charge in [-0.25, -0.2) is 0 Å². The summed E-state index contributed by atoms with van der Waals surface area (Å²) in [5, 5.41) is 9.62. The summed E-state index contributed by atoms with van der Waals surface area (Å²) in [5.74, 6) is 0.626. The summed E-state index contributed by atoms with van der Waals surface area (Å²) in [7, 11) is 0. The van der Waals surface area contributed by atoms with Gasteiger partial charge >= 0.3 is 0 Å². The van der Waals surface area contributed by atoms with E-state index < -0.39 is 0 Å². The van der Waals surface area contributed by atoms with Crippen molar-refractivity contribution in [2.75, 3.05) is 5.32 Å². The molecule has 1 aromatic carbocycles. The number of hydrogen-bond acceptors (Lipinski definition) is 4. The average molecular weight is 243 g/mol. The van der Waals surface area contributed by atoms with Crippen LogP contribution in [0.4, 0.5) is 5.69 Å². The Kier molecular flexibility index (Phi) is 2.72. The number of nitrogens with zero attached hydrogens (tertiary/aromatic N) is 1. The van der Waals surface area contributed by atoms with Gasteiger partial charge < -0.3 is 15.2 Å². The molecule has 18 heavy (non-hydrogen) atoms. The first-order valence-electron chi connectivity index (χ1n) is 5.84. The Labute approximate surface area is 104 Å². The summed E-state index contributed by atoms with van der Waals surface area (Å²) in [4.78, 5) is 12.0. The van der Waals surface area contributed by atoms with Crippen molar-refractivity contribution in [1.29, 1.82) is 0 Å². The molecule has 0 spiro atoms. The fourth-order valence-electron chi connectivity index (χ4n) is 2.09. The first-order valence-corrected chi connectivity index (χ1v) is 5.84. The van der Waals surface area contributed by atoms with E-state index in [9.17, 15) is 4.79 Å². The molecule has 92 valence electrons. The maximum Gasteiger partial charge on any atom is 0.243 e. The van der Waals surface area contributed by atoms with Gasteiger partial charge in [-0.3, -0.25) is 4.79 Å². The van der Waals surface area contributed by atoms with E-state index in [1.807, 2.05) is 24.3 Å². The van der Waals surface area contributed by atoms with Gasteiger partial charge in [0.25, 0.3) is 0 Å². The molecule has 1 aliphatic heterocycles. The van der Waals surface area contributed by atoms with Crippen LogP contribution in [0.15, 0.2) is 41.1 Å². The molecule has 2 aromatic rings. The molecule has 1 aromatic heterocycles. The molecule has 2 N–H and O–H groups in total. The van der Waals surface area contributed by atoms with Crippen molar-refractivity contribution < 1.29 is 9.32 Å². The number of carbonyl (C=O) groups excluding carboxylic acids is 1. The van der Waals surface area contributed by atoms with Crippen molar-refractivity contribution in [1.82, 2.24) is 10.5 Å². The van der Waals surface area contributed by atoms with E-state index in [1.165, 1.54) is 5.56 Å². The molecule has 1 aliphatic rings. The molecule has 0 bridgehead atoms. The summed E-state index contributed by atoms with van der Waals surface area (Å²) in [6.45, 7) is 0.368. The third-order valence-corrected chi connectivity index (χ3v) is 3.02. The van der Waals surface area contributed by atoms with E-state index >= 15 is 0 Å².